The summed E-state index contributed by atoms with van der Waals surface area (Å²) in [6.45, 7) is 9.02. The van der Waals surface area contributed by atoms with E-state index in [1.165, 1.54) is 68.0 Å². The molecule has 0 radical (unpaired) electrons. The van der Waals surface area contributed by atoms with Crippen molar-refractivity contribution in [3.8, 4) is 10.8 Å². The number of aryl methyl sites for hydroxylation is 1. The summed E-state index contributed by atoms with van der Waals surface area (Å²) in [6, 6.07) is 3.81. The van der Waals surface area contributed by atoms with Gasteiger partial charge in [0.15, 0.2) is 0 Å². The number of thiophene rings is 1. The van der Waals surface area contributed by atoms with Crippen molar-refractivity contribution in [3.63, 3.8) is 0 Å². The highest BCUT2D eigenvalue weighted by Crippen LogP contribution is 2.34. The molecule has 1 atom stereocenters. The van der Waals surface area contributed by atoms with Crippen LogP contribution in [0.3, 0.4) is 0 Å². The lowest BCUT2D eigenvalue weighted by molar-refractivity contribution is -0.129. The maximum atomic E-state index is 14.7. The molecule has 244 valence electrons. The number of benzene rings is 1. The number of rotatable bonds is 15. The summed E-state index contributed by atoms with van der Waals surface area (Å²) >= 11 is 1.15. The number of aromatic nitrogens is 5. The number of ether oxygens (including phenoxy) is 4. The fourth-order valence-corrected chi connectivity index (χ4v) is 6.08. The summed E-state index contributed by atoms with van der Waals surface area (Å²) in [6.07, 6.45) is 2.08. The molecule has 15 heteroatoms. The SMILES string of the molecule is COCCOc1ccc(F)cc1[C@H](Cn1c(=O)n(C(C)(C)C(=O)NC(C)C)c(=O)c2c(C)c(-n3nccn3)sc21)OCCOC. The van der Waals surface area contributed by atoms with Crippen LogP contribution in [0.2, 0.25) is 0 Å². The highest BCUT2D eigenvalue weighted by Gasteiger charge is 2.36. The smallest absolute Gasteiger partial charge is 0.333 e. The van der Waals surface area contributed by atoms with Gasteiger partial charge in [0, 0.05) is 31.4 Å². The van der Waals surface area contributed by atoms with Crippen LogP contribution in [0, 0.1) is 12.7 Å². The van der Waals surface area contributed by atoms with Gasteiger partial charge in [0.2, 0.25) is 5.91 Å². The first-order valence-corrected chi connectivity index (χ1v) is 15.2. The fraction of sp³-hybridized carbons (Fsp3) is 0.500. The van der Waals surface area contributed by atoms with Crippen molar-refractivity contribution in [1.29, 1.82) is 0 Å². The van der Waals surface area contributed by atoms with Crippen molar-refractivity contribution in [2.75, 3.05) is 40.6 Å². The third kappa shape index (κ3) is 7.16. The summed E-state index contributed by atoms with van der Waals surface area (Å²) in [5.74, 6) is -0.692. The molecule has 0 aliphatic heterocycles. The van der Waals surface area contributed by atoms with Crippen LogP contribution in [0.4, 0.5) is 4.39 Å². The molecule has 4 aromatic rings. The zero-order valence-electron chi connectivity index (χ0n) is 26.5. The molecule has 13 nitrogen and oxygen atoms in total. The van der Waals surface area contributed by atoms with Crippen LogP contribution in [0.1, 0.15) is 44.9 Å². The maximum absolute atomic E-state index is 14.7. The predicted molar refractivity (Wildman–Crippen MR) is 167 cm³/mol. The number of hydrogen-bond donors (Lipinski definition) is 1. The Bertz CT molecular complexity index is 1750. The van der Waals surface area contributed by atoms with E-state index < -0.39 is 34.6 Å². The Hall–Kier alpha value is -3.92. The van der Waals surface area contributed by atoms with E-state index in [2.05, 4.69) is 15.5 Å². The summed E-state index contributed by atoms with van der Waals surface area (Å²) < 4.78 is 39.4. The van der Waals surface area contributed by atoms with Gasteiger partial charge in [0.25, 0.3) is 5.56 Å². The number of methoxy groups -OCH3 is 2. The Morgan fingerprint density at radius 3 is 2.38 bits per heavy atom. The van der Waals surface area contributed by atoms with E-state index in [1.54, 1.807) is 20.8 Å². The standard InChI is InChI=1S/C30H39FN6O7S/c1-18(2)34-28(39)30(4,5)36-25(38)24-19(3)26(37-32-10-11-33-37)45-27(24)35(29(36)40)17-23(44-15-13-42-7)21-16-20(31)8-9-22(21)43-14-12-41-6/h8-11,16,18,23H,12-15,17H2,1-7H3,(H,34,39)/t23-/m0/s1. The summed E-state index contributed by atoms with van der Waals surface area (Å²) in [4.78, 5) is 43.6. The molecule has 1 N–H and O–H groups in total. The van der Waals surface area contributed by atoms with Crippen molar-refractivity contribution in [1.82, 2.24) is 29.4 Å². The van der Waals surface area contributed by atoms with Crippen LogP contribution < -0.4 is 21.3 Å². The molecule has 4 rings (SSSR count). The number of hydrogen-bond acceptors (Lipinski definition) is 10. The van der Waals surface area contributed by atoms with Gasteiger partial charge in [-0.25, -0.2) is 13.8 Å². The Morgan fingerprint density at radius 2 is 1.73 bits per heavy atom. The summed E-state index contributed by atoms with van der Waals surface area (Å²) in [5, 5.41) is 12.0. The van der Waals surface area contributed by atoms with E-state index in [0.29, 0.717) is 33.3 Å². The number of fused-ring (bicyclic) bond motifs is 1. The van der Waals surface area contributed by atoms with Gasteiger partial charge in [-0.3, -0.25) is 14.2 Å². The number of halogens is 1. The third-order valence-electron chi connectivity index (χ3n) is 7.14. The van der Waals surface area contributed by atoms with Gasteiger partial charge in [0.05, 0.1) is 44.1 Å². The van der Waals surface area contributed by atoms with E-state index in [9.17, 15) is 18.8 Å². The monoisotopic (exact) mass is 646 g/mol. The van der Waals surface area contributed by atoms with Crippen LogP contribution >= 0.6 is 11.3 Å². The van der Waals surface area contributed by atoms with Crippen LogP contribution in [-0.2, 0) is 31.1 Å². The zero-order valence-corrected chi connectivity index (χ0v) is 27.3. The second-order valence-corrected chi connectivity index (χ2v) is 12.1. The first-order valence-electron chi connectivity index (χ1n) is 14.4. The maximum Gasteiger partial charge on any atom is 0.333 e. The highest BCUT2D eigenvalue weighted by molar-refractivity contribution is 7.21. The average Bonchev–Trinajstić information content (AvgIpc) is 3.63. The molecule has 0 aliphatic rings. The van der Waals surface area contributed by atoms with Crippen LogP contribution in [-0.4, -0.2) is 76.7 Å². The molecule has 3 aromatic heterocycles. The Morgan fingerprint density at radius 1 is 1.07 bits per heavy atom. The molecule has 0 spiro atoms. The minimum Gasteiger partial charge on any atom is -0.491 e. The topological polar surface area (TPSA) is 141 Å². The van der Waals surface area contributed by atoms with Crippen molar-refractivity contribution in [2.24, 2.45) is 0 Å². The Labute approximate surface area is 263 Å². The Balaban J connectivity index is 1.99. The van der Waals surface area contributed by atoms with Gasteiger partial charge in [0.1, 0.15) is 39.6 Å². The van der Waals surface area contributed by atoms with Crippen molar-refractivity contribution < 1.29 is 28.1 Å². The van der Waals surface area contributed by atoms with Crippen LogP contribution in [0.15, 0.2) is 40.2 Å². The molecule has 0 saturated carbocycles. The molecule has 1 amide bonds. The van der Waals surface area contributed by atoms with E-state index in [4.69, 9.17) is 18.9 Å². The first kappa shape index (κ1) is 34.0. The van der Waals surface area contributed by atoms with Gasteiger partial charge < -0.3 is 24.3 Å². The second-order valence-electron chi connectivity index (χ2n) is 11.1. The number of amides is 1. The molecule has 0 saturated heterocycles. The van der Waals surface area contributed by atoms with Gasteiger partial charge in [-0.05, 0) is 52.8 Å². The van der Waals surface area contributed by atoms with Gasteiger partial charge >= 0.3 is 5.69 Å². The number of carbonyl (C=O) groups is 1. The normalized spacial score (nSPS) is 12.6. The lowest BCUT2D eigenvalue weighted by Gasteiger charge is -2.28. The van der Waals surface area contributed by atoms with Crippen molar-refractivity contribution in [2.45, 2.75) is 58.8 Å². The molecule has 0 aliphatic carbocycles. The van der Waals surface area contributed by atoms with Crippen LogP contribution in [0.5, 0.6) is 5.75 Å². The van der Waals surface area contributed by atoms with Gasteiger partial charge in [-0.15, -0.1) is 4.80 Å². The number of nitrogens with one attached hydrogen (secondary N) is 1. The number of carbonyl (C=O) groups excluding carboxylic acids is 1. The molecule has 0 unspecified atom stereocenters. The van der Waals surface area contributed by atoms with E-state index >= 15 is 0 Å². The van der Waals surface area contributed by atoms with E-state index in [1.807, 2.05) is 0 Å². The summed E-state index contributed by atoms with van der Waals surface area (Å²) in [5.41, 5.74) is -2.07. The fourth-order valence-electron chi connectivity index (χ4n) is 4.86. The van der Waals surface area contributed by atoms with Gasteiger partial charge in [-0.1, -0.05) is 11.3 Å². The highest BCUT2D eigenvalue weighted by atomic mass is 32.1. The lowest BCUT2D eigenvalue weighted by atomic mass is 10.0. The lowest BCUT2D eigenvalue weighted by Crippen LogP contribution is -2.56. The second kappa shape index (κ2) is 14.5. The predicted octanol–water partition coefficient (Wildman–Crippen LogP) is 2.94. The van der Waals surface area contributed by atoms with E-state index in [-0.39, 0.29) is 37.8 Å². The minimum absolute atomic E-state index is 0.112. The molecular formula is C30H39FN6O7S. The molecule has 3 heterocycles. The zero-order chi connectivity index (χ0) is 32.9. The molecule has 0 bridgehead atoms. The summed E-state index contributed by atoms with van der Waals surface area (Å²) in [7, 11) is 3.06. The van der Waals surface area contributed by atoms with Crippen molar-refractivity contribution >= 4 is 27.5 Å². The minimum atomic E-state index is -1.58. The molecule has 45 heavy (non-hydrogen) atoms. The average molecular weight is 647 g/mol. The van der Waals surface area contributed by atoms with Gasteiger partial charge in [-0.2, -0.15) is 10.2 Å². The van der Waals surface area contributed by atoms with E-state index in [0.717, 1.165) is 15.9 Å². The van der Waals surface area contributed by atoms with Crippen LogP contribution in [0.25, 0.3) is 15.2 Å². The number of nitrogens with zero attached hydrogens (tertiary/aromatic N) is 5. The third-order valence-corrected chi connectivity index (χ3v) is 8.42. The first-order chi connectivity index (χ1) is 21.4. The molecule has 0 fully saturated rings. The quantitative estimate of drug-likeness (QED) is 0.193. The molecular weight excluding hydrogens is 607 g/mol. The van der Waals surface area contributed by atoms with Crippen molar-refractivity contribution in [3.05, 3.63) is 68.4 Å². The Kier molecular flexibility index (Phi) is 10.9. The largest absolute Gasteiger partial charge is 0.491 e. The molecule has 1 aromatic carbocycles.